The van der Waals surface area contributed by atoms with Crippen LogP contribution in [0.1, 0.15) is 31.1 Å². The van der Waals surface area contributed by atoms with E-state index in [9.17, 15) is 13.2 Å². The first-order valence-electron chi connectivity index (χ1n) is 11.9. The molecule has 2 atom stereocenters. The quantitative estimate of drug-likeness (QED) is 0.377. The summed E-state index contributed by atoms with van der Waals surface area (Å²) in [4.78, 5) is 14.6. The fraction of sp³-hybridized carbons (Fsp3) is 0.296. The van der Waals surface area contributed by atoms with Crippen LogP contribution in [0.5, 0.6) is 17.2 Å². The van der Waals surface area contributed by atoms with Crippen LogP contribution in [0, 0.1) is 0 Å². The van der Waals surface area contributed by atoms with Crippen LogP contribution in [0.4, 0.5) is 5.69 Å². The maximum atomic E-state index is 13.5. The molecule has 0 saturated heterocycles. The van der Waals surface area contributed by atoms with E-state index in [1.165, 1.54) is 23.9 Å². The summed E-state index contributed by atoms with van der Waals surface area (Å²) in [5.74, 6) is 1.34. The Bertz CT molecular complexity index is 1330. The largest absolute Gasteiger partial charge is 0.493 e. The summed E-state index contributed by atoms with van der Waals surface area (Å²) in [6, 6.07) is 17.5. The van der Waals surface area contributed by atoms with E-state index in [0.29, 0.717) is 22.8 Å². The maximum Gasteiger partial charge on any atom is 0.268 e. The summed E-state index contributed by atoms with van der Waals surface area (Å²) < 4.78 is 41.4. The first-order valence-corrected chi connectivity index (χ1v) is 14.4. The third-order valence-corrected chi connectivity index (χ3v) is 8.85. The van der Waals surface area contributed by atoms with Gasteiger partial charge in [-0.3, -0.25) is 4.79 Å². The summed E-state index contributed by atoms with van der Waals surface area (Å²) in [6.45, 7) is 3.66. The van der Waals surface area contributed by atoms with E-state index >= 15 is 0 Å². The second-order valence-electron chi connectivity index (χ2n) is 8.32. The third-order valence-electron chi connectivity index (χ3n) is 6.04. The lowest BCUT2D eigenvalue weighted by Gasteiger charge is -2.22. The van der Waals surface area contributed by atoms with Crippen molar-refractivity contribution >= 4 is 33.2 Å². The van der Waals surface area contributed by atoms with Crippen LogP contribution in [0.2, 0.25) is 0 Å². The number of methoxy groups -OCH3 is 2. The molecule has 4 rings (SSSR count). The van der Waals surface area contributed by atoms with Crippen molar-refractivity contribution in [3.63, 3.8) is 0 Å². The molecular formula is C27H30N2O6S2. The number of fused-ring (bicyclic) bond motifs is 1. The molecule has 2 unspecified atom stereocenters. The molecule has 3 aromatic carbocycles. The van der Waals surface area contributed by atoms with E-state index < -0.39 is 21.4 Å². The Hall–Kier alpha value is -3.37. The monoisotopic (exact) mass is 542 g/mol. The van der Waals surface area contributed by atoms with Gasteiger partial charge in [-0.25, -0.2) is 8.42 Å². The standard InChI is InChI=1S/C27H30N2O6S2/c1-5-17-7-11-19(12-8-17)35-25(18-9-13-20(14-10-18)37(31,32)6-2)26(30)29-27-28-21-15-22(33-3)23(34-4)16-24(21)36-27/h7-16,25,27-28H,5-6H2,1-4H3,(H,29,30). The number of hydrogen-bond acceptors (Lipinski definition) is 8. The van der Waals surface area contributed by atoms with Crippen molar-refractivity contribution in [3.8, 4) is 17.2 Å². The van der Waals surface area contributed by atoms with Crippen LogP contribution in [-0.2, 0) is 21.1 Å². The van der Waals surface area contributed by atoms with Gasteiger partial charge in [0.1, 0.15) is 5.75 Å². The molecule has 10 heteroatoms. The molecule has 8 nitrogen and oxygen atoms in total. The number of aryl methyl sites for hydroxylation is 1. The van der Waals surface area contributed by atoms with Gasteiger partial charge in [-0.15, -0.1) is 0 Å². The number of carbonyl (C=O) groups excluding carboxylic acids is 1. The first-order chi connectivity index (χ1) is 17.8. The van der Waals surface area contributed by atoms with Gasteiger partial charge in [0, 0.05) is 16.5 Å². The number of rotatable bonds is 10. The SMILES string of the molecule is CCc1ccc(OC(C(=O)NC2Nc3cc(OC)c(OC)cc3S2)c2ccc(S(=O)(=O)CC)cc2)cc1. The molecule has 0 aliphatic carbocycles. The Morgan fingerprint density at radius 1 is 1.00 bits per heavy atom. The first kappa shape index (κ1) is 26.7. The number of hydrogen-bond donors (Lipinski definition) is 2. The van der Waals surface area contributed by atoms with Crippen LogP contribution in [0.25, 0.3) is 0 Å². The molecule has 0 fully saturated rings. The Labute approximate surface area is 221 Å². The van der Waals surface area contributed by atoms with Gasteiger partial charge in [0.05, 0.1) is 30.6 Å². The number of benzene rings is 3. The van der Waals surface area contributed by atoms with Gasteiger partial charge in [-0.1, -0.05) is 49.9 Å². The third kappa shape index (κ3) is 5.97. The number of anilines is 1. The molecule has 1 heterocycles. The topological polar surface area (TPSA) is 103 Å². The lowest BCUT2D eigenvalue weighted by molar-refractivity contribution is -0.128. The molecule has 0 saturated carbocycles. The van der Waals surface area contributed by atoms with Crippen molar-refractivity contribution in [1.29, 1.82) is 0 Å². The minimum Gasteiger partial charge on any atom is -0.493 e. The van der Waals surface area contributed by atoms with Gasteiger partial charge in [-0.2, -0.15) is 0 Å². The highest BCUT2D eigenvalue weighted by atomic mass is 32.2. The van der Waals surface area contributed by atoms with Gasteiger partial charge >= 0.3 is 0 Å². The van der Waals surface area contributed by atoms with Crippen LogP contribution in [0.15, 0.2) is 70.5 Å². The zero-order valence-corrected chi connectivity index (χ0v) is 22.7. The zero-order chi connectivity index (χ0) is 26.6. The molecule has 0 radical (unpaired) electrons. The van der Waals surface area contributed by atoms with Crippen molar-refractivity contribution in [3.05, 3.63) is 71.8 Å². The van der Waals surface area contributed by atoms with E-state index in [4.69, 9.17) is 14.2 Å². The summed E-state index contributed by atoms with van der Waals surface area (Å²) in [6.07, 6.45) is -0.112. The van der Waals surface area contributed by atoms with Crippen LogP contribution >= 0.6 is 11.8 Å². The molecule has 3 aromatic rings. The fourth-order valence-corrected chi connectivity index (χ4v) is 5.79. The fourth-order valence-electron chi connectivity index (χ4n) is 3.87. The molecule has 196 valence electrons. The predicted octanol–water partition coefficient (Wildman–Crippen LogP) is 4.80. The number of sulfone groups is 1. The highest BCUT2D eigenvalue weighted by Crippen LogP contribution is 2.44. The Kier molecular flexibility index (Phi) is 8.19. The summed E-state index contributed by atoms with van der Waals surface area (Å²) >= 11 is 1.43. The zero-order valence-electron chi connectivity index (χ0n) is 21.1. The van der Waals surface area contributed by atoms with Crippen LogP contribution in [0.3, 0.4) is 0 Å². The Balaban J connectivity index is 1.57. The molecule has 0 aromatic heterocycles. The lowest BCUT2D eigenvalue weighted by atomic mass is 10.1. The van der Waals surface area contributed by atoms with Crippen molar-refractivity contribution in [2.75, 3.05) is 25.3 Å². The van der Waals surface area contributed by atoms with Gasteiger partial charge in [0.15, 0.2) is 26.8 Å². The molecular weight excluding hydrogens is 512 g/mol. The summed E-state index contributed by atoms with van der Waals surface area (Å²) in [5.41, 5.74) is 2.05. The van der Waals surface area contributed by atoms with Gasteiger partial charge < -0.3 is 24.8 Å². The predicted molar refractivity (Wildman–Crippen MR) is 144 cm³/mol. The summed E-state index contributed by atoms with van der Waals surface area (Å²) in [7, 11) is -0.224. The van der Waals surface area contributed by atoms with E-state index in [2.05, 4.69) is 17.6 Å². The van der Waals surface area contributed by atoms with E-state index in [-0.39, 0.29) is 16.6 Å². The number of nitrogens with one attached hydrogen (secondary N) is 2. The minimum atomic E-state index is -3.36. The van der Waals surface area contributed by atoms with E-state index in [0.717, 1.165) is 22.6 Å². The molecule has 0 spiro atoms. The Morgan fingerprint density at radius 3 is 2.24 bits per heavy atom. The van der Waals surface area contributed by atoms with E-state index in [1.807, 2.05) is 36.4 Å². The highest BCUT2D eigenvalue weighted by molar-refractivity contribution is 8.00. The Morgan fingerprint density at radius 2 is 1.65 bits per heavy atom. The molecule has 2 N–H and O–H groups in total. The number of amides is 1. The van der Waals surface area contributed by atoms with Crippen LogP contribution < -0.4 is 24.8 Å². The summed E-state index contributed by atoms with van der Waals surface area (Å²) in [5, 5.41) is 6.26. The average Bonchev–Trinajstić information content (AvgIpc) is 3.32. The van der Waals surface area contributed by atoms with Crippen molar-refractivity contribution < 1.29 is 27.4 Å². The van der Waals surface area contributed by atoms with Crippen molar-refractivity contribution in [2.24, 2.45) is 0 Å². The molecule has 37 heavy (non-hydrogen) atoms. The van der Waals surface area contributed by atoms with E-state index in [1.54, 1.807) is 33.3 Å². The van der Waals surface area contributed by atoms with Crippen LogP contribution in [-0.4, -0.2) is 39.8 Å². The molecule has 1 amide bonds. The maximum absolute atomic E-state index is 13.5. The van der Waals surface area contributed by atoms with Gasteiger partial charge in [-0.05, 0) is 42.3 Å². The number of thioether (sulfide) groups is 1. The number of carbonyl (C=O) groups is 1. The number of ether oxygens (including phenoxy) is 3. The molecule has 0 bridgehead atoms. The smallest absolute Gasteiger partial charge is 0.268 e. The second kappa shape index (κ2) is 11.4. The minimum absolute atomic E-state index is 0.00274. The molecule has 1 aliphatic rings. The normalized spacial score (nSPS) is 15.3. The average molecular weight is 543 g/mol. The van der Waals surface area contributed by atoms with Gasteiger partial charge in [0.25, 0.3) is 5.91 Å². The highest BCUT2D eigenvalue weighted by Gasteiger charge is 2.30. The second-order valence-corrected chi connectivity index (χ2v) is 11.7. The lowest BCUT2D eigenvalue weighted by Crippen LogP contribution is -2.40. The van der Waals surface area contributed by atoms with Crippen molar-refractivity contribution in [2.45, 2.75) is 41.7 Å². The van der Waals surface area contributed by atoms with Gasteiger partial charge in [0.2, 0.25) is 6.10 Å². The van der Waals surface area contributed by atoms with Crippen molar-refractivity contribution in [1.82, 2.24) is 5.32 Å². The molecule has 1 aliphatic heterocycles.